The summed E-state index contributed by atoms with van der Waals surface area (Å²) in [6.07, 6.45) is 7.56. The molecule has 0 aliphatic carbocycles. The van der Waals surface area contributed by atoms with Crippen LogP contribution in [0.4, 0.5) is 16.2 Å². The Balaban J connectivity index is 1.39. The van der Waals surface area contributed by atoms with E-state index in [9.17, 15) is 9.59 Å². The second-order valence-corrected chi connectivity index (χ2v) is 10.5. The molecule has 0 radical (unpaired) electrons. The topological polar surface area (TPSA) is 152 Å². The van der Waals surface area contributed by atoms with Gasteiger partial charge in [0, 0.05) is 40.1 Å². The third-order valence-corrected chi connectivity index (χ3v) is 7.32. The van der Waals surface area contributed by atoms with Gasteiger partial charge in [0.1, 0.15) is 22.4 Å². The highest BCUT2D eigenvalue weighted by molar-refractivity contribution is 9.10. The lowest BCUT2D eigenvalue weighted by Gasteiger charge is -2.17. The highest BCUT2D eigenvalue weighted by Crippen LogP contribution is 2.36. The molecule has 3 heterocycles. The first kappa shape index (κ1) is 28.3. The normalized spacial score (nSPS) is 15.2. The Labute approximate surface area is 249 Å². The predicted molar refractivity (Wildman–Crippen MR) is 159 cm³/mol. The SMILES string of the molecule is COC(=O)Nc1ccc2c(c1)NCCCCC[C@H](NC(=O)/C=C/c1cc(Cl)ccc1-n1cnnn1)c1nc-2c(Br)[nH]1. The first-order valence-corrected chi connectivity index (χ1v) is 14.1. The molecule has 2 aromatic carbocycles. The number of carbonyl (C=O) groups excluding carboxylic acids is 2. The maximum atomic E-state index is 13.1. The smallest absolute Gasteiger partial charge is 0.411 e. The number of rotatable bonds is 5. The fraction of sp³-hybridized carbons (Fsp3) is 0.259. The number of hydrogen-bond donors (Lipinski definition) is 4. The molecule has 1 aliphatic rings. The van der Waals surface area contributed by atoms with Gasteiger partial charge in [-0.2, -0.15) is 4.68 Å². The molecule has 212 valence electrons. The van der Waals surface area contributed by atoms with E-state index in [0.717, 1.165) is 37.1 Å². The monoisotopic (exact) mass is 639 g/mol. The van der Waals surface area contributed by atoms with Gasteiger partial charge in [0.25, 0.3) is 0 Å². The van der Waals surface area contributed by atoms with Crippen molar-refractivity contribution in [2.75, 3.05) is 24.3 Å². The lowest BCUT2D eigenvalue weighted by molar-refractivity contribution is -0.117. The minimum atomic E-state index is -0.545. The van der Waals surface area contributed by atoms with Crippen LogP contribution in [-0.4, -0.2) is 55.8 Å². The second kappa shape index (κ2) is 13.0. The number of tetrazole rings is 1. The van der Waals surface area contributed by atoms with Crippen molar-refractivity contribution in [2.45, 2.75) is 31.7 Å². The quantitative estimate of drug-likeness (QED) is 0.209. The van der Waals surface area contributed by atoms with Crippen LogP contribution in [0, 0.1) is 0 Å². The number of nitrogens with one attached hydrogen (secondary N) is 4. The standard InChI is InChI=1S/C27H27BrClN9O3/c1-41-27(40)32-18-8-9-19-21(14-18)30-12-4-2-3-5-20(26-34-24(19)25(28)35-26)33-23(39)11-6-16-13-17(29)7-10-22(16)38-15-31-36-37-38/h6-11,13-15,20,30H,2-5,12H2,1H3,(H,32,40)(H,33,39)(H,34,35)/b11-6+/t20-/m0/s1. The number of fused-ring (bicyclic) bond motifs is 4. The van der Waals surface area contributed by atoms with Gasteiger partial charge in [-0.1, -0.05) is 24.4 Å². The molecule has 4 N–H and O–H groups in total. The fourth-order valence-corrected chi connectivity index (χ4v) is 5.22. The molecule has 5 rings (SSSR count). The van der Waals surface area contributed by atoms with Gasteiger partial charge in [-0.3, -0.25) is 10.1 Å². The molecule has 4 aromatic rings. The van der Waals surface area contributed by atoms with Gasteiger partial charge in [0.15, 0.2) is 0 Å². The summed E-state index contributed by atoms with van der Waals surface area (Å²) in [5, 5.41) is 21.1. The number of hydrogen-bond acceptors (Lipinski definition) is 8. The molecule has 2 bridgehead atoms. The van der Waals surface area contributed by atoms with Crippen LogP contribution in [0.15, 0.2) is 53.4 Å². The van der Waals surface area contributed by atoms with E-state index in [0.29, 0.717) is 44.5 Å². The van der Waals surface area contributed by atoms with Gasteiger partial charge in [-0.15, -0.1) is 5.10 Å². The average Bonchev–Trinajstić information content (AvgIpc) is 3.63. The van der Waals surface area contributed by atoms with Gasteiger partial charge in [0.2, 0.25) is 5.91 Å². The minimum absolute atomic E-state index is 0.278. The van der Waals surface area contributed by atoms with Crippen molar-refractivity contribution >= 4 is 57.0 Å². The number of imidazole rings is 1. The Morgan fingerprint density at radius 3 is 2.88 bits per heavy atom. The van der Waals surface area contributed by atoms with Crippen molar-refractivity contribution in [1.29, 1.82) is 0 Å². The summed E-state index contributed by atoms with van der Waals surface area (Å²) >= 11 is 9.82. The van der Waals surface area contributed by atoms with E-state index in [4.69, 9.17) is 21.3 Å². The molecule has 14 heteroatoms. The number of amides is 2. The molecule has 2 aromatic heterocycles. The number of halogens is 2. The minimum Gasteiger partial charge on any atom is -0.453 e. The zero-order valence-electron chi connectivity index (χ0n) is 22.0. The van der Waals surface area contributed by atoms with E-state index >= 15 is 0 Å². The zero-order chi connectivity index (χ0) is 28.8. The fourth-order valence-electron chi connectivity index (χ4n) is 4.53. The van der Waals surface area contributed by atoms with Gasteiger partial charge >= 0.3 is 6.09 Å². The molecule has 0 spiro atoms. The van der Waals surface area contributed by atoms with E-state index in [-0.39, 0.29) is 11.9 Å². The van der Waals surface area contributed by atoms with Crippen LogP contribution in [0.3, 0.4) is 0 Å². The number of benzene rings is 2. The molecule has 0 fully saturated rings. The highest BCUT2D eigenvalue weighted by Gasteiger charge is 2.22. The van der Waals surface area contributed by atoms with Crippen molar-refractivity contribution in [3.8, 4) is 16.9 Å². The lowest BCUT2D eigenvalue weighted by atomic mass is 10.1. The van der Waals surface area contributed by atoms with Gasteiger partial charge in [-0.05, 0) is 81.7 Å². The van der Waals surface area contributed by atoms with Crippen LogP contribution in [-0.2, 0) is 9.53 Å². The summed E-state index contributed by atoms with van der Waals surface area (Å²) in [4.78, 5) is 33.0. The summed E-state index contributed by atoms with van der Waals surface area (Å²) in [7, 11) is 1.32. The molecule has 41 heavy (non-hydrogen) atoms. The molecule has 0 saturated carbocycles. The number of aromatic nitrogens is 6. The van der Waals surface area contributed by atoms with Crippen molar-refractivity contribution < 1.29 is 14.3 Å². The van der Waals surface area contributed by atoms with Crippen molar-refractivity contribution in [3.63, 3.8) is 0 Å². The maximum absolute atomic E-state index is 13.1. The summed E-state index contributed by atoms with van der Waals surface area (Å²) < 4.78 is 6.90. The zero-order valence-corrected chi connectivity index (χ0v) is 24.4. The number of anilines is 2. The molecule has 1 atom stereocenters. The van der Waals surface area contributed by atoms with Crippen LogP contribution < -0.4 is 16.0 Å². The van der Waals surface area contributed by atoms with Crippen molar-refractivity contribution in [1.82, 2.24) is 35.5 Å². The van der Waals surface area contributed by atoms with E-state index in [1.54, 1.807) is 30.3 Å². The third-order valence-electron chi connectivity index (χ3n) is 6.52. The Morgan fingerprint density at radius 2 is 2.07 bits per heavy atom. The third kappa shape index (κ3) is 6.92. The van der Waals surface area contributed by atoms with E-state index in [2.05, 4.69) is 52.4 Å². The predicted octanol–water partition coefficient (Wildman–Crippen LogP) is 5.50. The molecule has 2 amide bonds. The van der Waals surface area contributed by atoms with E-state index in [1.807, 2.05) is 12.1 Å². The van der Waals surface area contributed by atoms with E-state index in [1.165, 1.54) is 24.2 Å². The first-order chi connectivity index (χ1) is 19.9. The van der Waals surface area contributed by atoms with Gasteiger partial charge < -0.3 is 20.4 Å². The van der Waals surface area contributed by atoms with Crippen molar-refractivity contribution in [3.05, 3.63) is 69.8 Å². The molecule has 0 saturated heterocycles. The summed E-state index contributed by atoms with van der Waals surface area (Å²) in [5.41, 5.74) is 4.32. The Hall–Kier alpha value is -4.23. The summed E-state index contributed by atoms with van der Waals surface area (Å²) in [5.74, 6) is 0.355. The molecule has 1 aliphatic heterocycles. The Bertz CT molecular complexity index is 1570. The van der Waals surface area contributed by atoms with Crippen LogP contribution in [0.1, 0.15) is 43.1 Å². The van der Waals surface area contributed by atoms with Crippen molar-refractivity contribution in [2.24, 2.45) is 0 Å². The summed E-state index contributed by atoms with van der Waals surface area (Å²) in [6, 6.07) is 10.4. The summed E-state index contributed by atoms with van der Waals surface area (Å²) in [6.45, 7) is 0.743. The molecule has 12 nitrogen and oxygen atoms in total. The number of H-pyrrole nitrogens is 1. The average molecular weight is 641 g/mol. The van der Waals surface area contributed by atoms with Crippen LogP contribution >= 0.6 is 27.5 Å². The molecular weight excluding hydrogens is 614 g/mol. The highest BCUT2D eigenvalue weighted by atomic mass is 79.9. The number of carbonyl (C=O) groups is 2. The van der Waals surface area contributed by atoms with Gasteiger partial charge in [0.05, 0.1) is 18.8 Å². The Kier molecular flexibility index (Phi) is 8.95. The van der Waals surface area contributed by atoms with Crippen LogP contribution in [0.2, 0.25) is 5.02 Å². The van der Waals surface area contributed by atoms with Crippen LogP contribution in [0.25, 0.3) is 23.0 Å². The number of aromatic amines is 1. The lowest BCUT2D eigenvalue weighted by Crippen LogP contribution is -2.28. The van der Waals surface area contributed by atoms with Crippen LogP contribution in [0.5, 0.6) is 0 Å². The molecular formula is C27H27BrClN9O3. The van der Waals surface area contributed by atoms with Gasteiger partial charge in [-0.25, -0.2) is 9.78 Å². The maximum Gasteiger partial charge on any atom is 0.411 e. The number of ether oxygens (including phenoxy) is 1. The second-order valence-electron chi connectivity index (χ2n) is 9.29. The van der Waals surface area contributed by atoms with E-state index < -0.39 is 6.09 Å². The molecule has 0 unspecified atom stereocenters. The Morgan fingerprint density at radius 1 is 1.20 bits per heavy atom. The first-order valence-electron chi connectivity index (χ1n) is 12.9. The number of methoxy groups -OCH3 is 1. The number of nitrogens with zero attached hydrogens (tertiary/aromatic N) is 5. The largest absolute Gasteiger partial charge is 0.453 e.